The summed E-state index contributed by atoms with van der Waals surface area (Å²) in [6.07, 6.45) is 1.11. The molecule has 2 bridgehead atoms. The number of fused-ring (bicyclic) bond motifs is 1. The summed E-state index contributed by atoms with van der Waals surface area (Å²) in [5.41, 5.74) is 3.67. The van der Waals surface area contributed by atoms with E-state index < -0.39 is 17.8 Å². The average molecular weight is 345 g/mol. The van der Waals surface area contributed by atoms with Gasteiger partial charge in [0.15, 0.2) is 0 Å². The Morgan fingerprint density at radius 2 is 1.54 bits per heavy atom. The third-order valence-corrected chi connectivity index (χ3v) is 6.30. The molecule has 4 aliphatic rings. The maximum absolute atomic E-state index is 13.3. The highest BCUT2D eigenvalue weighted by Gasteiger charge is 2.62. The van der Waals surface area contributed by atoms with Gasteiger partial charge in [-0.25, -0.2) is 4.90 Å². The summed E-state index contributed by atoms with van der Waals surface area (Å²) in [5.74, 6) is -1.86. The molecule has 2 amide bonds. The zero-order chi connectivity index (χ0) is 18.0. The van der Waals surface area contributed by atoms with Gasteiger partial charge in [0.2, 0.25) is 11.8 Å². The lowest BCUT2D eigenvalue weighted by molar-refractivity contribution is -0.134. The SMILES string of the molecule is CCc1ccccc1N1C(=O)[C@@H]2[C@@H](C1=O)[C@@H]1C(=O)C[C@@H]2c2ccccc21. The van der Waals surface area contributed by atoms with E-state index >= 15 is 0 Å². The van der Waals surface area contributed by atoms with Gasteiger partial charge in [0.05, 0.1) is 23.4 Å². The number of carbonyl (C=O) groups excluding carboxylic acids is 3. The second-order valence-electron chi connectivity index (χ2n) is 7.43. The highest BCUT2D eigenvalue weighted by molar-refractivity contribution is 6.25. The van der Waals surface area contributed by atoms with E-state index in [1.807, 2.05) is 55.5 Å². The number of aryl methyl sites for hydroxylation is 1. The minimum atomic E-state index is -0.548. The number of imide groups is 1. The predicted octanol–water partition coefficient (Wildman–Crippen LogP) is 3.21. The summed E-state index contributed by atoms with van der Waals surface area (Å²) >= 11 is 0. The summed E-state index contributed by atoms with van der Waals surface area (Å²) in [6, 6.07) is 15.4. The van der Waals surface area contributed by atoms with Gasteiger partial charge in [-0.3, -0.25) is 14.4 Å². The number of nitrogens with zero attached hydrogens (tertiary/aromatic N) is 1. The van der Waals surface area contributed by atoms with Crippen molar-refractivity contribution >= 4 is 23.3 Å². The lowest BCUT2D eigenvalue weighted by atomic mass is 9.56. The lowest BCUT2D eigenvalue weighted by Crippen LogP contribution is -2.44. The molecule has 1 saturated heterocycles. The van der Waals surface area contributed by atoms with E-state index in [4.69, 9.17) is 0 Å². The average Bonchev–Trinajstić information content (AvgIpc) is 2.93. The summed E-state index contributed by atoms with van der Waals surface area (Å²) in [4.78, 5) is 40.7. The molecule has 1 aliphatic heterocycles. The van der Waals surface area contributed by atoms with E-state index in [9.17, 15) is 14.4 Å². The normalized spacial score (nSPS) is 29.1. The van der Waals surface area contributed by atoms with Crippen LogP contribution in [0.25, 0.3) is 0 Å². The molecule has 0 radical (unpaired) electrons. The molecule has 4 heteroatoms. The highest BCUT2D eigenvalue weighted by Crippen LogP contribution is 2.57. The molecule has 3 aliphatic carbocycles. The number of rotatable bonds is 2. The van der Waals surface area contributed by atoms with Gasteiger partial charge >= 0.3 is 0 Å². The first-order chi connectivity index (χ1) is 12.6. The molecule has 1 heterocycles. The molecule has 26 heavy (non-hydrogen) atoms. The van der Waals surface area contributed by atoms with Gasteiger partial charge in [-0.1, -0.05) is 49.4 Å². The first kappa shape index (κ1) is 15.5. The number of ketones is 1. The minimum Gasteiger partial charge on any atom is -0.299 e. The fourth-order valence-electron chi connectivity index (χ4n) is 5.22. The van der Waals surface area contributed by atoms with Crippen molar-refractivity contribution in [2.45, 2.75) is 31.6 Å². The van der Waals surface area contributed by atoms with Crippen LogP contribution < -0.4 is 4.90 Å². The van der Waals surface area contributed by atoms with Crippen LogP contribution in [-0.4, -0.2) is 17.6 Å². The Bertz CT molecular complexity index is 963. The van der Waals surface area contributed by atoms with Gasteiger partial charge < -0.3 is 0 Å². The molecule has 1 saturated carbocycles. The molecular formula is C22H19NO3. The fourth-order valence-corrected chi connectivity index (χ4v) is 5.22. The van der Waals surface area contributed by atoms with E-state index in [2.05, 4.69) is 0 Å². The van der Waals surface area contributed by atoms with Crippen molar-refractivity contribution in [2.24, 2.45) is 11.8 Å². The van der Waals surface area contributed by atoms with Crippen molar-refractivity contribution in [3.05, 3.63) is 65.2 Å². The zero-order valence-corrected chi connectivity index (χ0v) is 14.5. The maximum Gasteiger partial charge on any atom is 0.238 e. The number of Topliss-reactive ketones (excluding diaryl/α,β-unsaturated/α-hetero) is 1. The molecule has 2 aromatic rings. The third-order valence-electron chi connectivity index (χ3n) is 6.30. The molecule has 0 unspecified atom stereocenters. The van der Waals surface area contributed by atoms with E-state index in [0.29, 0.717) is 12.1 Å². The molecular weight excluding hydrogens is 326 g/mol. The van der Waals surface area contributed by atoms with Crippen molar-refractivity contribution < 1.29 is 14.4 Å². The number of hydrogen-bond acceptors (Lipinski definition) is 3. The largest absolute Gasteiger partial charge is 0.299 e. The molecule has 0 aromatic heterocycles. The molecule has 0 N–H and O–H groups in total. The topological polar surface area (TPSA) is 54.5 Å². The maximum atomic E-state index is 13.3. The van der Waals surface area contributed by atoms with E-state index in [0.717, 1.165) is 23.1 Å². The van der Waals surface area contributed by atoms with Crippen LogP contribution in [0.15, 0.2) is 48.5 Å². The summed E-state index contributed by atoms with van der Waals surface area (Å²) in [5, 5.41) is 0. The Morgan fingerprint density at radius 3 is 2.31 bits per heavy atom. The van der Waals surface area contributed by atoms with Crippen molar-refractivity contribution in [2.75, 3.05) is 4.90 Å². The van der Waals surface area contributed by atoms with Crippen LogP contribution in [-0.2, 0) is 20.8 Å². The Balaban J connectivity index is 1.67. The molecule has 2 aromatic carbocycles. The van der Waals surface area contributed by atoms with Gasteiger partial charge in [0, 0.05) is 12.3 Å². The number of benzene rings is 2. The van der Waals surface area contributed by atoms with Crippen LogP contribution in [0.1, 0.15) is 41.9 Å². The number of anilines is 1. The van der Waals surface area contributed by atoms with Crippen LogP contribution in [0.4, 0.5) is 5.69 Å². The second-order valence-corrected chi connectivity index (χ2v) is 7.43. The third kappa shape index (κ3) is 1.82. The predicted molar refractivity (Wildman–Crippen MR) is 96.8 cm³/mol. The summed E-state index contributed by atoms with van der Waals surface area (Å²) in [6.45, 7) is 2.01. The number of amides is 2. The molecule has 130 valence electrons. The first-order valence-corrected chi connectivity index (χ1v) is 9.20. The molecule has 4 atom stereocenters. The van der Waals surface area contributed by atoms with Crippen LogP contribution in [0.3, 0.4) is 0 Å². The Kier molecular flexibility index (Phi) is 3.20. The van der Waals surface area contributed by atoms with Crippen LogP contribution >= 0.6 is 0 Å². The Hall–Kier alpha value is -2.75. The van der Waals surface area contributed by atoms with E-state index in [-0.39, 0.29) is 23.5 Å². The molecule has 6 rings (SSSR count). The first-order valence-electron chi connectivity index (χ1n) is 9.20. The zero-order valence-electron chi connectivity index (χ0n) is 14.5. The van der Waals surface area contributed by atoms with E-state index in [1.165, 1.54) is 4.90 Å². The quantitative estimate of drug-likeness (QED) is 0.786. The second kappa shape index (κ2) is 5.37. The number of para-hydroxylation sites is 1. The van der Waals surface area contributed by atoms with Crippen LogP contribution in [0.2, 0.25) is 0 Å². The Labute approximate surface area is 151 Å². The molecule has 2 fully saturated rings. The Morgan fingerprint density at radius 1 is 0.885 bits per heavy atom. The van der Waals surface area contributed by atoms with Crippen LogP contribution in [0, 0.1) is 11.8 Å². The van der Waals surface area contributed by atoms with Crippen molar-refractivity contribution in [1.29, 1.82) is 0 Å². The van der Waals surface area contributed by atoms with Crippen molar-refractivity contribution in [3.63, 3.8) is 0 Å². The van der Waals surface area contributed by atoms with Crippen LogP contribution in [0.5, 0.6) is 0 Å². The number of carbonyl (C=O) groups is 3. The molecule has 4 nitrogen and oxygen atoms in total. The van der Waals surface area contributed by atoms with Gasteiger partial charge in [-0.2, -0.15) is 0 Å². The van der Waals surface area contributed by atoms with Crippen molar-refractivity contribution in [1.82, 2.24) is 0 Å². The van der Waals surface area contributed by atoms with Gasteiger partial charge in [0.25, 0.3) is 0 Å². The highest BCUT2D eigenvalue weighted by atomic mass is 16.2. The lowest BCUT2D eigenvalue weighted by Gasteiger charge is -2.43. The van der Waals surface area contributed by atoms with Gasteiger partial charge in [-0.05, 0) is 29.2 Å². The fraction of sp³-hybridized carbons (Fsp3) is 0.318. The molecule has 0 spiro atoms. The van der Waals surface area contributed by atoms with E-state index in [1.54, 1.807) is 0 Å². The van der Waals surface area contributed by atoms with Gasteiger partial charge in [0.1, 0.15) is 5.78 Å². The standard InChI is InChI=1S/C22H19NO3/c1-2-12-7-3-6-10-16(12)23-21(25)19-15-11-17(24)18(20(19)22(23)26)14-9-5-4-8-13(14)15/h3-10,15,18-20H,2,11H2,1H3/t15-,18+,19+,20+/m1/s1. The summed E-state index contributed by atoms with van der Waals surface area (Å²) < 4.78 is 0. The van der Waals surface area contributed by atoms with Gasteiger partial charge in [-0.15, -0.1) is 0 Å². The minimum absolute atomic E-state index is 0.0988. The number of hydrogen-bond donors (Lipinski definition) is 0. The summed E-state index contributed by atoms with van der Waals surface area (Å²) in [7, 11) is 0. The monoisotopic (exact) mass is 345 g/mol. The van der Waals surface area contributed by atoms with Crippen molar-refractivity contribution in [3.8, 4) is 0 Å². The smallest absolute Gasteiger partial charge is 0.238 e.